The molecule has 0 spiro atoms. The summed E-state index contributed by atoms with van der Waals surface area (Å²) in [5, 5.41) is 20.7. The van der Waals surface area contributed by atoms with E-state index in [1.165, 1.54) is 4.90 Å². The molecule has 0 radical (unpaired) electrons. The van der Waals surface area contributed by atoms with E-state index >= 15 is 0 Å². The van der Waals surface area contributed by atoms with Crippen molar-refractivity contribution in [1.29, 1.82) is 5.26 Å². The van der Waals surface area contributed by atoms with Crippen molar-refractivity contribution < 1.29 is 14.7 Å². The second-order valence-electron chi connectivity index (χ2n) is 4.81. The Morgan fingerprint density at radius 2 is 2.25 bits per heavy atom. The number of nitrogens with one attached hydrogen (secondary N) is 1. The maximum Gasteiger partial charge on any atom is 0.321 e. The summed E-state index contributed by atoms with van der Waals surface area (Å²) in [6, 6.07) is 6.91. The first-order chi connectivity index (χ1) is 9.52. The molecule has 0 aliphatic carbocycles. The maximum absolute atomic E-state index is 12.1. The number of carbonyl (C=O) groups excluding carboxylic acids is 1. The van der Waals surface area contributed by atoms with Crippen molar-refractivity contribution >= 4 is 17.7 Å². The lowest BCUT2D eigenvalue weighted by molar-refractivity contribution is -0.141. The van der Waals surface area contributed by atoms with Gasteiger partial charge in [0.15, 0.2) is 0 Å². The highest BCUT2D eigenvalue weighted by molar-refractivity contribution is 5.91. The van der Waals surface area contributed by atoms with E-state index in [4.69, 9.17) is 10.4 Å². The highest BCUT2D eigenvalue weighted by Crippen LogP contribution is 2.21. The molecule has 1 unspecified atom stereocenters. The van der Waals surface area contributed by atoms with Gasteiger partial charge in [-0.15, -0.1) is 0 Å². The lowest BCUT2D eigenvalue weighted by atomic mass is 10.1. The largest absolute Gasteiger partial charge is 0.481 e. The first kappa shape index (κ1) is 13.9. The van der Waals surface area contributed by atoms with Crippen molar-refractivity contribution in [2.45, 2.75) is 13.3 Å². The van der Waals surface area contributed by atoms with Crippen LogP contribution in [-0.4, -0.2) is 35.1 Å². The third-order valence-corrected chi connectivity index (χ3v) is 3.45. The van der Waals surface area contributed by atoms with E-state index in [1.54, 1.807) is 25.1 Å². The average molecular weight is 273 g/mol. The normalized spacial score (nSPS) is 17.6. The number of benzene rings is 1. The Balaban J connectivity index is 2.08. The summed E-state index contributed by atoms with van der Waals surface area (Å²) in [7, 11) is 0. The Hall–Kier alpha value is -2.55. The van der Waals surface area contributed by atoms with E-state index < -0.39 is 11.9 Å². The number of aryl methyl sites for hydroxylation is 1. The van der Waals surface area contributed by atoms with Gasteiger partial charge < -0.3 is 15.3 Å². The van der Waals surface area contributed by atoms with Crippen molar-refractivity contribution in [2.24, 2.45) is 5.92 Å². The van der Waals surface area contributed by atoms with Gasteiger partial charge >= 0.3 is 12.0 Å². The average Bonchev–Trinajstić information content (AvgIpc) is 2.89. The number of likely N-dealkylation sites (tertiary alicyclic amines) is 1. The SMILES string of the molecule is Cc1cccc(NC(=O)N2CCC(C(=O)O)C2)c1C#N. The van der Waals surface area contributed by atoms with E-state index in [0.717, 1.165) is 5.56 Å². The third-order valence-electron chi connectivity index (χ3n) is 3.45. The number of amides is 2. The van der Waals surface area contributed by atoms with Gasteiger partial charge in [-0.1, -0.05) is 12.1 Å². The summed E-state index contributed by atoms with van der Waals surface area (Å²) in [6.07, 6.45) is 0.460. The van der Waals surface area contributed by atoms with E-state index in [1.807, 2.05) is 0 Å². The summed E-state index contributed by atoms with van der Waals surface area (Å²) in [5.41, 5.74) is 1.67. The van der Waals surface area contributed by atoms with Gasteiger partial charge in [0.05, 0.1) is 17.2 Å². The molecular formula is C14H15N3O3. The van der Waals surface area contributed by atoms with Gasteiger partial charge in [-0.05, 0) is 25.0 Å². The summed E-state index contributed by atoms with van der Waals surface area (Å²) in [6.45, 7) is 2.41. The van der Waals surface area contributed by atoms with Crippen molar-refractivity contribution in [2.75, 3.05) is 18.4 Å². The van der Waals surface area contributed by atoms with Crippen LogP contribution in [0.4, 0.5) is 10.5 Å². The fraction of sp³-hybridized carbons (Fsp3) is 0.357. The molecular weight excluding hydrogens is 258 g/mol. The van der Waals surface area contributed by atoms with Crippen LogP contribution in [0.5, 0.6) is 0 Å². The minimum absolute atomic E-state index is 0.203. The molecule has 20 heavy (non-hydrogen) atoms. The van der Waals surface area contributed by atoms with E-state index in [2.05, 4.69) is 11.4 Å². The van der Waals surface area contributed by atoms with E-state index in [9.17, 15) is 9.59 Å². The molecule has 1 fully saturated rings. The zero-order valence-electron chi connectivity index (χ0n) is 11.1. The summed E-state index contributed by atoms with van der Waals surface area (Å²) in [4.78, 5) is 24.4. The zero-order chi connectivity index (χ0) is 14.7. The molecule has 0 aromatic heterocycles. The second-order valence-corrected chi connectivity index (χ2v) is 4.81. The maximum atomic E-state index is 12.1. The van der Waals surface area contributed by atoms with Crippen LogP contribution in [0, 0.1) is 24.2 Å². The van der Waals surface area contributed by atoms with Gasteiger partial charge in [0.25, 0.3) is 0 Å². The minimum Gasteiger partial charge on any atom is -0.481 e. The highest BCUT2D eigenvalue weighted by Gasteiger charge is 2.31. The molecule has 1 aliphatic heterocycles. The third kappa shape index (κ3) is 2.72. The van der Waals surface area contributed by atoms with Gasteiger partial charge in [-0.2, -0.15) is 5.26 Å². The fourth-order valence-corrected chi connectivity index (χ4v) is 2.26. The van der Waals surface area contributed by atoms with Gasteiger partial charge in [0.2, 0.25) is 0 Å². The molecule has 104 valence electrons. The molecule has 0 saturated carbocycles. The Labute approximate surface area is 116 Å². The molecule has 1 heterocycles. The van der Waals surface area contributed by atoms with Gasteiger partial charge in [0.1, 0.15) is 6.07 Å². The van der Waals surface area contributed by atoms with Crippen LogP contribution in [0.1, 0.15) is 17.5 Å². The van der Waals surface area contributed by atoms with Crippen LogP contribution in [-0.2, 0) is 4.79 Å². The number of rotatable bonds is 2. The van der Waals surface area contributed by atoms with Crippen LogP contribution in [0.25, 0.3) is 0 Å². The first-order valence-corrected chi connectivity index (χ1v) is 6.31. The number of aliphatic carboxylic acids is 1. The molecule has 0 bridgehead atoms. The lowest BCUT2D eigenvalue weighted by Gasteiger charge is -2.17. The predicted molar refractivity (Wildman–Crippen MR) is 72.2 cm³/mol. The fourth-order valence-electron chi connectivity index (χ4n) is 2.26. The van der Waals surface area contributed by atoms with Crippen molar-refractivity contribution in [3.63, 3.8) is 0 Å². The van der Waals surface area contributed by atoms with Crippen LogP contribution in [0.2, 0.25) is 0 Å². The van der Waals surface area contributed by atoms with Gasteiger partial charge in [0, 0.05) is 13.1 Å². The Morgan fingerprint density at radius 1 is 1.50 bits per heavy atom. The topological polar surface area (TPSA) is 93.4 Å². The molecule has 2 rings (SSSR count). The van der Waals surface area contributed by atoms with E-state index in [-0.39, 0.29) is 12.6 Å². The number of carboxylic acid groups (broad SMARTS) is 1. The summed E-state index contributed by atoms with van der Waals surface area (Å²) < 4.78 is 0. The molecule has 2 amide bonds. The lowest BCUT2D eigenvalue weighted by Crippen LogP contribution is -2.34. The Kier molecular flexibility index (Phi) is 3.89. The summed E-state index contributed by atoms with van der Waals surface area (Å²) >= 11 is 0. The number of nitrogens with zero attached hydrogens (tertiary/aromatic N) is 2. The standard InChI is InChI=1S/C14H15N3O3/c1-9-3-2-4-12(11(9)7-15)16-14(20)17-6-5-10(8-17)13(18)19/h2-4,10H,5-6,8H2,1H3,(H,16,20)(H,18,19). The Morgan fingerprint density at radius 3 is 2.85 bits per heavy atom. The molecule has 1 saturated heterocycles. The number of hydrogen-bond donors (Lipinski definition) is 2. The number of carbonyl (C=O) groups is 2. The van der Waals surface area contributed by atoms with Crippen LogP contribution >= 0.6 is 0 Å². The number of anilines is 1. The number of hydrogen-bond acceptors (Lipinski definition) is 3. The van der Waals surface area contributed by atoms with Crippen molar-refractivity contribution in [3.05, 3.63) is 29.3 Å². The molecule has 1 atom stereocenters. The molecule has 6 heteroatoms. The van der Waals surface area contributed by atoms with Crippen LogP contribution < -0.4 is 5.32 Å². The van der Waals surface area contributed by atoms with Gasteiger partial charge in [-0.3, -0.25) is 4.79 Å². The second kappa shape index (κ2) is 5.61. The minimum atomic E-state index is -0.881. The van der Waals surface area contributed by atoms with Crippen molar-refractivity contribution in [3.8, 4) is 6.07 Å². The highest BCUT2D eigenvalue weighted by atomic mass is 16.4. The number of carboxylic acids is 1. The zero-order valence-corrected chi connectivity index (χ0v) is 11.1. The van der Waals surface area contributed by atoms with Crippen LogP contribution in [0.3, 0.4) is 0 Å². The van der Waals surface area contributed by atoms with Crippen molar-refractivity contribution in [1.82, 2.24) is 4.90 Å². The number of urea groups is 1. The van der Waals surface area contributed by atoms with Gasteiger partial charge in [-0.25, -0.2) is 4.79 Å². The first-order valence-electron chi connectivity index (χ1n) is 6.31. The smallest absolute Gasteiger partial charge is 0.321 e. The molecule has 2 N–H and O–H groups in total. The monoisotopic (exact) mass is 273 g/mol. The molecule has 1 aromatic carbocycles. The molecule has 1 aliphatic rings. The molecule has 1 aromatic rings. The van der Waals surface area contributed by atoms with Crippen LogP contribution in [0.15, 0.2) is 18.2 Å². The summed E-state index contributed by atoms with van der Waals surface area (Å²) in [5.74, 6) is -1.39. The Bertz CT molecular complexity index is 592. The quantitative estimate of drug-likeness (QED) is 0.859. The predicted octanol–water partition coefficient (Wildman–Crippen LogP) is 1.81. The van der Waals surface area contributed by atoms with E-state index in [0.29, 0.717) is 24.2 Å². The molecule has 6 nitrogen and oxygen atoms in total. The number of nitriles is 1.